The van der Waals surface area contributed by atoms with Crippen molar-refractivity contribution in [3.63, 3.8) is 0 Å². The highest BCUT2D eigenvalue weighted by Gasteiger charge is 2.11. The quantitative estimate of drug-likeness (QED) is 0.753. The maximum absolute atomic E-state index is 13.8. The van der Waals surface area contributed by atoms with Crippen molar-refractivity contribution in [3.8, 4) is 5.75 Å². The zero-order valence-corrected chi connectivity index (χ0v) is 14.0. The average Bonchev–Trinajstić information content (AvgIpc) is 2.65. The van der Waals surface area contributed by atoms with Gasteiger partial charge >= 0.3 is 5.97 Å². The summed E-state index contributed by atoms with van der Waals surface area (Å²) in [6, 6.07) is 11.0. The smallest absolute Gasteiger partial charge is 0.337 e. The number of carbonyl (C=O) groups excluding carboxylic acids is 2. The van der Waals surface area contributed by atoms with Crippen LogP contribution in [0.2, 0.25) is 0 Å². The molecule has 0 fully saturated rings. The van der Waals surface area contributed by atoms with Gasteiger partial charge in [-0.15, -0.1) is 0 Å². The van der Waals surface area contributed by atoms with Gasteiger partial charge in [0.1, 0.15) is 11.6 Å². The number of methoxy groups -OCH3 is 2. The van der Waals surface area contributed by atoms with Crippen LogP contribution in [0.4, 0.5) is 10.1 Å². The molecule has 0 bridgehead atoms. The molecular formula is C18H19FN2O4. The molecule has 2 N–H and O–H groups in total. The molecular weight excluding hydrogens is 327 g/mol. The van der Waals surface area contributed by atoms with Crippen LogP contribution < -0.4 is 15.4 Å². The number of anilines is 1. The summed E-state index contributed by atoms with van der Waals surface area (Å²) in [4.78, 5) is 23.3. The van der Waals surface area contributed by atoms with Gasteiger partial charge in [0, 0.05) is 6.54 Å². The lowest BCUT2D eigenvalue weighted by atomic mass is 10.2. The van der Waals surface area contributed by atoms with Crippen molar-refractivity contribution in [3.05, 3.63) is 59.4 Å². The lowest BCUT2D eigenvalue weighted by Gasteiger charge is -2.10. The summed E-state index contributed by atoms with van der Waals surface area (Å²) in [5.74, 6) is -0.709. The van der Waals surface area contributed by atoms with Gasteiger partial charge in [-0.1, -0.05) is 12.1 Å². The molecule has 0 unspecified atom stereocenters. The first-order valence-electron chi connectivity index (χ1n) is 7.55. The van der Waals surface area contributed by atoms with Gasteiger partial charge in [0.15, 0.2) is 0 Å². The molecule has 1 amide bonds. The molecule has 2 aromatic rings. The standard InChI is InChI=1S/C18H19FN2O4/c1-24-14-6-3-12(4-7-14)10-21-17(22)11-20-16-9-13(18(23)25-2)5-8-15(16)19/h3-9,20H,10-11H2,1-2H3,(H,21,22). The van der Waals surface area contributed by atoms with Gasteiger partial charge in [0.2, 0.25) is 5.91 Å². The molecule has 6 nitrogen and oxygen atoms in total. The van der Waals surface area contributed by atoms with E-state index in [9.17, 15) is 14.0 Å². The van der Waals surface area contributed by atoms with E-state index >= 15 is 0 Å². The van der Waals surface area contributed by atoms with Crippen LogP contribution >= 0.6 is 0 Å². The molecule has 0 aliphatic rings. The second-order valence-electron chi connectivity index (χ2n) is 5.16. The Labute approximate surface area is 144 Å². The number of hydrogen-bond acceptors (Lipinski definition) is 5. The lowest BCUT2D eigenvalue weighted by molar-refractivity contribution is -0.119. The Morgan fingerprint density at radius 1 is 1.08 bits per heavy atom. The van der Waals surface area contributed by atoms with Gasteiger partial charge in [-0.2, -0.15) is 0 Å². The fraction of sp³-hybridized carbons (Fsp3) is 0.222. The molecule has 0 aliphatic carbocycles. The van der Waals surface area contributed by atoms with Crippen LogP contribution in [-0.4, -0.2) is 32.6 Å². The predicted molar refractivity (Wildman–Crippen MR) is 91.1 cm³/mol. The Balaban J connectivity index is 1.87. The van der Waals surface area contributed by atoms with Crippen molar-refractivity contribution in [2.45, 2.75) is 6.54 Å². The molecule has 0 atom stereocenters. The summed E-state index contributed by atoms with van der Waals surface area (Å²) in [6.07, 6.45) is 0. The summed E-state index contributed by atoms with van der Waals surface area (Å²) in [7, 11) is 2.82. The number of halogens is 1. The Kier molecular flexibility index (Phi) is 6.33. The maximum Gasteiger partial charge on any atom is 0.337 e. The van der Waals surface area contributed by atoms with Crippen LogP contribution in [0, 0.1) is 5.82 Å². The highest BCUT2D eigenvalue weighted by atomic mass is 19.1. The van der Waals surface area contributed by atoms with Crippen molar-refractivity contribution in [1.82, 2.24) is 5.32 Å². The van der Waals surface area contributed by atoms with E-state index in [1.165, 1.54) is 19.2 Å². The Bertz CT molecular complexity index is 747. The first kappa shape index (κ1) is 18.3. The van der Waals surface area contributed by atoms with Crippen LogP contribution in [0.15, 0.2) is 42.5 Å². The topological polar surface area (TPSA) is 76.7 Å². The number of amides is 1. The normalized spacial score (nSPS) is 10.0. The molecule has 25 heavy (non-hydrogen) atoms. The molecule has 0 saturated heterocycles. The van der Waals surface area contributed by atoms with E-state index in [1.807, 2.05) is 12.1 Å². The third kappa shape index (κ3) is 5.20. The summed E-state index contributed by atoms with van der Waals surface area (Å²) >= 11 is 0. The van der Waals surface area contributed by atoms with Crippen molar-refractivity contribution < 1.29 is 23.5 Å². The fourth-order valence-electron chi connectivity index (χ4n) is 2.09. The van der Waals surface area contributed by atoms with Gasteiger partial charge in [-0.25, -0.2) is 9.18 Å². The second-order valence-corrected chi connectivity index (χ2v) is 5.16. The summed E-state index contributed by atoms with van der Waals surface area (Å²) in [5.41, 5.74) is 1.17. The van der Waals surface area contributed by atoms with Crippen molar-refractivity contribution >= 4 is 17.6 Å². The highest BCUT2D eigenvalue weighted by Crippen LogP contribution is 2.16. The summed E-state index contributed by atoms with van der Waals surface area (Å²) in [5, 5.41) is 5.39. The lowest BCUT2D eigenvalue weighted by Crippen LogP contribution is -2.29. The SMILES string of the molecule is COC(=O)c1ccc(F)c(NCC(=O)NCc2ccc(OC)cc2)c1. The Morgan fingerprint density at radius 2 is 1.80 bits per heavy atom. The fourth-order valence-corrected chi connectivity index (χ4v) is 2.09. The Morgan fingerprint density at radius 3 is 2.44 bits per heavy atom. The zero-order valence-electron chi connectivity index (χ0n) is 14.0. The minimum Gasteiger partial charge on any atom is -0.497 e. The van der Waals surface area contributed by atoms with Crippen LogP contribution in [0.3, 0.4) is 0 Å². The number of rotatable bonds is 7. The molecule has 132 valence electrons. The van der Waals surface area contributed by atoms with Crippen molar-refractivity contribution in [1.29, 1.82) is 0 Å². The van der Waals surface area contributed by atoms with E-state index in [0.717, 1.165) is 17.4 Å². The van der Waals surface area contributed by atoms with Crippen LogP contribution in [0.5, 0.6) is 5.75 Å². The Hall–Kier alpha value is -3.09. The van der Waals surface area contributed by atoms with E-state index in [2.05, 4.69) is 15.4 Å². The monoisotopic (exact) mass is 346 g/mol. The molecule has 0 aliphatic heterocycles. The minimum absolute atomic E-state index is 0.0579. The second kappa shape index (κ2) is 8.68. The van der Waals surface area contributed by atoms with Crippen LogP contribution in [-0.2, 0) is 16.1 Å². The van der Waals surface area contributed by atoms with Gasteiger partial charge in [-0.3, -0.25) is 4.79 Å². The molecule has 0 saturated carbocycles. The largest absolute Gasteiger partial charge is 0.497 e. The van der Waals surface area contributed by atoms with Gasteiger partial charge in [0.05, 0.1) is 32.0 Å². The maximum atomic E-state index is 13.8. The highest BCUT2D eigenvalue weighted by molar-refractivity contribution is 5.90. The number of ether oxygens (including phenoxy) is 2. The van der Waals surface area contributed by atoms with E-state index < -0.39 is 11.8 Å². The van der Waals surface area contributed by atoms with E-state index in [0.29, 0.717) is 6.54 Å². The number of carbonyl (C=O) groups is 2. The summed E-state index contributed by atoms with van der Waals surface area (Å²) < 4.78 is 23.4. The zero-order chi connectivity index (χ0) is 18.2. The number of hydrogen-bond donors (Lipinski definition) is 2. The number of benzene rings is 2. The number of esters is 1. The molecule has 0 radical (unpaired) electrons. The van der Waals surface area contributed by atoms with E-state index in [4.69, 9.17) is 4.74 Å². The first-order chi connectivity index (χ1) is 12.0. The first-order valence-corrected chi connectivity index (χ1v) is 7.55. The third-order valence-corrected chi connectivity index (χ3v) is 3.48. The van der Waals surface area contributed by atoms with Crippen molar-refractivity contribution in [2.75, 3.05) is 26.1 Å². The molecule has 2 rings (SSSR count). The average molecular weight is 346 g/mol. The van der Waals surface area contributed by atoms with Crippen LogP contribution in [0.25, 0.3) is 0 Å². The molecule has 0 heterocycles. The van der Waals surface area contributed by atoms with Crippen molar-refractivity contribution in [2.24, 2.45) is 0 Å². The molecule has 0 spiro atoms. The van der Waals surface area contributed by atoms with Gasteiger partial charge in [0.25, 0.3) is 0 Å². The van der Waals surface area contributed by atoms with Crippen LogP contribution in [0.1, 0.15) is 15.9 Å². The minimum atomic E-state index is -0.577. The number of nitrogens with one attached hydrogen (secondary N) is 2. The molecule has 7 heteroatoms. The molecule has 2 aromatic carbocycles. The predicted octanol–water partition coefficient (Wildman–Crippen LogP) is 2.35. The van der Waals surface area contributed by atoms with Gasteiger partial charge in [-0.05, 0) is 35.9 Å². The third-order valence-electron chi connectivity index (χ3n) is 3.48. The molecule has 0 aromatic heterocycles. The van der Waals surface area contributed by atoms with E-state index in [1.54, 1.807) is 19.2 Å². The summed E-state index contributed by atoms with van der Waals surface area (Å²) in [6.45, 7) is 0.215. The van der Waals surface area contributed by atoms with E-state index in [-0.39, 0.29) is 23.7 Å². The van der Waals surface area contributed by atoms with Gasteiger partial charge < -0.3 is 20.1 Å².